The minimum absolute atomic E-state index is 0.158. The van der Waals surface area contributed by atoms with Crippen LogP contribution in [-0.4, -0.2) is 26.7 Å². The van der Waals surface area contributed by atoms with E-state index in [0.29, 0.717) is 17.6 Å². The molecule has 3 heteroatoms. The summed E-state index contributed by atoms with van der Waals surface area (Å²) in [7, 11) is 3.90. The summed E-state index contributed by atoms with van der Waals surface area (Å²) in [4.78, 5) is 1.97. The van der Waals surface area contributed by atoms with Crippen molar-refractivity contribution in [3.8, 4) is 0 Å². The van der Waals surface area contributed by atoms with Crippen molar-refractivity contribution in [1.82, 2.24) is 5.32 Å². The molecule has 1 rings (SSSR count). The second-order valence-electron chi connectivity index (χ2n) is 4.61. The molecule has 1 aromatic carbocycles. The SMILES string of the molecule is CCC(C)C(CN(C)c1ccccc1F)NC. The van der Waals surface area contributed by atoms with Crippen molar-refractivity contribution < 1.29 is 4.39 Å². The lowest BCUT2D eigenvalue weighted by molar-refractivity contribution is 0.390. The fourth-order valence-electron chi connectivity index (χ4n) is 1.99. The van der Waals surface area contributed by atoms with E-state index in [1.807, 2.05) is 31.1 Å². The van der Waals surface area contributed by atoms with Gasteiger partial charge in [-0.15, -0.1) is 0 Å². The van der Waals surface area contributed by atoms with Crippen LogP contribution in [0.3, 0.4) is 0 Å². The molecule has 0 bridgehead atoms. The largest absolute Gasteiger partial charge is 0.371 e. The van der Waals surface area contributed by atoms with Gasteiger partial charge in [0.25, 0.3) is 0 Å². The molecule has 0 spiro atoms. The normalized spacial score (nSPS) is 14.4. The molecule has 0 amide bonds. The van der Waals surface area contributed by atoms with Crippen LogP contribution in [-0.2, 0) is 0 Å². The molecule has 1 N–H and O–H groups in total. The molecule has 0 aliphatic heterocycles. The second kappa shape index (κ2) is 6.60. The molecule has 2 atom stereocenters. The number of hydrogen-bond acceptors (Lipinski definition) is 2. The van der Waals surface area contributed by atoms with E-state index in [0.717, 1.165) is 13.0 Å². The predicted octanol–water partition coefficient (Wildman–Crippen LogP) is 2.90. The van der Waals surface area contributed by atoms with Gasteiger partial charge in [0.2, 0.25) is 0 Å². The van der Waals surface area contributed by atoms with Gasteiger partial charge in [-0.1, -0.05) is 32.4 Å². The van der Waals surface area contributed by atoms with E-state index in [9.17, 15) is 4.39 Å². The lowest BCUT2D eigenvalue weighted by atomic mass is 9.99. The zero-order valence-electron chi connectivity index (χ0n) is 11.2. The van der Waals surface area contributed by atoms with Crippen LogP contribution in [0.15, 0.2) is 24.3 Å². The Labute approximate surface area is 104 Å². The molecule has 0 saturated heterocycles. The van der Waals surface area contributed by atoms with Crippen LogP contribution in [0.2, 0.25) is 0 Å². The van der Waals surface area contributed by atoms with Crippen LogP contribution >= 0.6 is 0 Å². The Kier molecular flexibility index (Phi) is 5.42. The molecule has 0 heterocycles. The maximum Gasteiger partial charge on any atom is 0.146 e. The number of likely N-dealkylation sites (N-methyl/N-ethyl adjacent to an activating group) is 2. The van der Waals surface area contributed by atoms with Gasteiger partial charge in [0.1, 0.15) is 5.82 Å². The summed E-state index contributed by atoms with van der Waals surface area (Å²) in [6.45, 7) is 5.21. The van der Waals surface area contributed by atoms with Crippen LogP contribution in [0.1, 0.15) is 20.3 Å². The highest BCUT2D eigenvalue weighted by Gasteiger charge is 2.17. The first-order valence-electron chi connectivity index (χ1n) is 6.23. The predicted molar refractivity (Wildman–Crippen MR) is 72.0 cm³/mol. The molecular formula is C14H23FN2. The van der Waals surface area contributed by atoms with E-state index in [-0.39, 0.29) is 5.82 Å². The van der Waals surface area contributed by atoms with Gasteiger partial charge in [0.15, 0.2) is 0 Å². The molecule has 0 fully saturated rings. The van der Waals surface area contributed by atoms with Crippen LogP contribution in [0, 0.1) is 11.7 Å². The van der Waals surface area contributed by atoms with Crippen molar-refractivity contribution in [1.29, 1.82) is 0 Å². The maximum atomic E-state index is 13.6. The first-order valence-corrected chi connectivity index (χ1v) is 6.23. The van der Waals surface area contributed by atoms with Crippen LogP contribution in [0.4, 0.5) is 10.1 Å². The van der Waals surface area contributed by atoms with Crippen LogP contribution in [0.25, 0.3) is 0 Å². The Morgan fingerprint density at radius 2 is 2.00 bits per heavy atom. The molecule has 17 heavy (non-hydrogen) atoms. The van der Waals surface area contributed by atoms with Gasteiger partial charge in [-0.2, -0.15) is 0 Å². The molecule has 2 unspecified atom stereocenters. The summed E-state index contributed by atoms with van der Waals surface area (Å²) in [5.74, 6) is 0.420. The third-order valence-electron chi connectivity index (χ3n) is 3.44. The summed E-state index contributed by atoms with van der Waals surface area (Å²) in [6.07, 6.45) is 1.12. The minimum atomic E-state index is -0.158. The highest BCUT2D eigenvalue weighted by molar-refractivity contribution is 5.46. The molecule has 0 aliphatic rings. The quantitative estimate of drug-likeness (QED) is 0.820. The van der Waals surface area contributed by atoms with Gasteiger partial charge in [-0.05, 0) is 25.1 Å². The lowest BCUT2D eigenvalue weighted by Gasteiger charge is -2.29. The van der Waals surface area contributed by atoms with Gasteiger partial charge < -0.3 is 10.2 Å². The van der Waals surface area contributed by atoms with E-state index in [4.69, 9.17) is 0 Å². The van der Waals surface area contributed by atoms with Crippen molar-refractivity contribution >= 4 is 5.69 Å². The molecule has 2 nitrogen and oxygen atoms in total. The van der Waals surface area contributed by atoms with Crippen LogP contribution in [0.5, 0.6) is 0 Å². The van der Waals surface area contributed by atoms with Crippen molar-refractivity contribution in [3.05, 3.63) is 30.1 Å². The first-order chi connectivity index (χ1) is 8.10. The third-order valence-corrected chi connectivity index (χ3v) is 3.44. The summed E-state index contributed by atoms with van der Waals surface area (Å²) in [5.41, 5.74) is 0.663. The Hall–Kier alpha value is -1.09. The van der Waals surface area contributed by atoms with Gasteiger partial charge in [-0.25, -0.2) is 4.39 Å². The van der Waals surface area contributed by atoms with Crippen LogP contribution < -0.4 is 10.2 Å². The van der Waals surface area contributed by atoms with Gasteiger partial charge in [-0.3, -0.25) is 0 Å². The molecular weight excluding hydrogens is 215 g/mol. The molecule has 0 saturated carbocycles. The fraction of sp³-hybridized carbons (Fsp3) is 0.571. The molecule has 0 aliphatic carbocycles. The molecule has 0 radical (unpaired) electrons. The Morgan fingerprint density at radius 1 is 1.35 bits per heavy atom. The fourth-order valence-corrected chi connectivity index (χ4v) is 1.99. The smallest absolute Gasteiger partial charge is 0.146 e. The number of anilines is 1. The van der Waals surface area contributed by atoms with E-state index in [1.165, 1.54) is 6.07 Å². The van der Waals surface area contributed by atoms with Gasteiger partial charge >= 0.3 is 0 Å². The van der Waals surface area contributed by atoms with E-state index in [2.05, 4.69) is 19.2 Å². The highest BCUT2D eigenvalue weighted by atomic mass is 19.1. The number of para-hydroxylation sites is 1. The van der Waals surface area contributed by atoms with E-state index < -0.39 is 0 Å². The minimum Gasteiger partial charge on any atom is -0.371 e. The van der Waals surface area contributed by atoms with E-state index >= 15 is 0 Å². The zero-order valence-corrected chi connectivity index (χ0v) is 11.2. The Bertz CT molecular complexity index is 341. The molecule has 0 aromatic heterocycles. The Morgan fingerprint density at radius 3 is 2.53 bits per heavy atom. The average molecular weight is 238 g/mol. The average Bonchev–Trinajstić information content (AvgIpc) is 2.35. The van der Waals surface area contributed by atoms with Gasteiger partial charge in [0, 0.05) is 19.6 Å². The van der Waals surface area contributed by atoms with Crippen molar-refractivity contribution in [2.45, 2.75) is 26.3 Å². The summed E-state index contributed by atoms with van der Waals surface area (Å²) < 4.78 is 13.6. The number of nitrogens with one attached hydrogen (secondary N) is 1. The van der Waals surface area contributed by atoms with E-state index in [1.54, 1.807) is 6.07 Å². The number of benzene rings is 1. The second-order valence-corrected chi connectivity index (χ2v) is 4.61. The summed E-state index contributed by atoms with van der Waals surface area (Å²) in [5, 5.41) is 3.31. The van der Waals surface area contributed by atoms with Gasteiger partial charge in [0.05, 0.1) is 5.69 Å². The standard InChI is InChI=1S/C14H23FN2/c1-5-11(2)13(16-3)10-17(4)14-9-7-6-8-12(14)15/h6-9,11,13,16H,5,10H2,1-4H3. The summed E-state index contributed by atoms with van der Waals surface area (Å²) >= 11 is 0. The Balaban J connectivity index is 2.71. The number of nitrogens with zero attached hydrogens (tertiary/aromatic N) is 1. The number of halogens is 1. The summed E-state index contributed by atoms with van der Waals surface area (Å²) in [6, 6.07) is 7.29. The monoisotopic (exact) mass is 238 g/mol. The molecule has 96 valence electrons. The maximum absolute atomic E-state index is 13.6. The lowest BCUT2D eigenvalue weighted by Crippen LogP contribution is -2.42. The number of rotatable bonds is 6. The number of hydrogen-bond donors (Lipinski definition) is 1. The third kappa shape index (κ3) is 3.70. The molecule has 1 aromatic rings. The van der Waals surface area contributed by atoms with Crippen molar-refractivity contribution in [2.75, 3.05) is 25.5 Å². The highest BCUT2D eigenvalue weighted by Crippen LogP contribution is 2.18. The first kappa shape index (κ1) is 14.0. The zero-order chi connectivity index (χ0) is 12.8. The van der Waals surface area contributed by atoms with Crippen molar-refractivity contribution in [3.63, 3.8) is 0 Å². The topological polar surface area (TPSA) is 15.3 Å². The van der Waals surface area contributed by atoms with Crippen molar-refractivity contribution in [2.24, 2.45) is 5.92 Å².